The molecule has 0 fully saturated rings. The van der Waals surface area contributed by atoms with Gasteiger partial charge in [-0.1, -0.05) is 44.2 Å². The van der Waals surface area contributed by atoms with E-state index < -0.39 is 0 Å². The van der Waals surface area contributed by atoms with Gasteiger partial charge in [-0.2, -0.15) is 0 Å². The summed E-state index contributed by atoms with van der Waals surface area (Å²) in [6, 6.07) is 11.6. The highest BCUT2D eigenvalue weighted by atomic mass is 16.3. The van der Waals surface area contributed by atoms with Gasteiger partial charge in [-0.3, -0.25) is 4.40 Å². The zero-order valence-corrected chi connectivity index (χ0v) is 13.2. The molecule has 0 amide bonds. The summed E-state index contributed by atoms with van der Waals surface area (Å²) in [5.74, 6) is 0.751. The normalized spacial score (nSPS) is 12.5. The fourth-order valence-electron chi connectivity index (χ4n) is 2.72. The molecular weight excluding hydrogens is 290 g/mol. The number of nitrogens with zero attached hydrogens (tertiary/aromatic N) is 3. The highest BCUT2D eigenvalue weighted by molar-refractivity contribution is 5.75. The van der Waals surface area contributed by atoms with Crippen LogP contribution in [0.1, 0.15) is 37.3 Å². The van der Waals surface area contributed by atoms with Gasteiger partial charge >= 0.3 is 0 Å². The minimum atomic E-state index is -0.133. The Balaban J connectivity index is 2.14. The molecule has 5 nitrogen and oxygen atoms in total. The van der Waals surface area contributed by atoms with Crippen molar-refractivity contribution < 1.29 is 5.11 Å². The fourth-order valence-corrected chi connectivity index (χ4v) is 2.72. The Morgan fingerprint density at radius 1 is 1.26 bits per heavy atom. The second-order valence-electron chi connectivity index (χ2n) is 5.69. The van der Waals surface area contributed by atoms with E-state index in [2.05, 4.69) is 36.1 Å². The lowest BCUT2D eigenvalue weighted by atomic mass is 9.97. The highest BCUT2D eigenvalue weighted by Crippen LogP contribution is 2.32. The van der Waals surface area contributed by atoms with E-state index in [1.54, 1.807) is 22.7 Å². The summed E-state index contributed by atoms with van der Waals surface area (Å²) in [4.78, 5) is 15.9. The topological polar surface area (TPSA) is 67.0 Å². The molecule has 0 radical (unpaired) electrons. The smallest absolute Gasteiger partial charge is 0.209 e. The Bertz CT molecular complexity index is 837. The number of imidazole rings is 1. The zero-order chi connectivity index (χ0) is 16.4. The van der Waals surface area contributed by atoms with E-state index in [4.69, 9.17) is 0 Å². The van der Waals surface area contributed by atoms with Crippen molar-refractivity contribution in [1.29, 1.82) is 0 Å². The fraction of sp³-hybridized carbons (Fsp3) is 0.278. The van der Waals surface area contributed by atoms with Crippen molar-refractivity contribution >= 4 is 11.5 Å². The van der Waals surface area contributed by atoms with Crippen molar-refractivity contribution in [3.05, 3.63) is 58.6 Å². The lowest BCUT2D eigenvalue weighted by Gasteiger charge is -2.09. The number of aliphatic hydroxyl groups excluding tert-OH is 1. The maximum Gasteiger partial charge on any atom is 0.209 e. The Morgan fingerprint density at radius 2 is 2.00 bits per heavy atom. The summed E-state index contributed by atoms with van der Waals surface area (Å²) < 4.78 is 1.62. The van der Waals surface area contributed by atoms with Crippen LogP contribution in [-0.2, 0) is 6.61 Å². The molecule has 1 atom stereocenters. The molecule has 2 aromatic heterocycles. The maximum absolute atomic E-state index is 11.3. The van der Waals surface area contributed by atoms with E-state index >= 15 is 0 Å². The monoisotopic (exact) mass is 309 g/mol. The number of rotatable bonds is 5. The third-order valence-corrected chi connectivity index (χ3v) is 4.33. The van der Waals surface area contributed by atoms with E-state index in [1.807, 2.05) is 12.1 Å². The number of benzene rings is 1. The lowest BCUT2D eigenvalue weighted by Crippen LogP contribution is -1.90. The number of fused-ring (bicyclic) bond motifs is 1. The quantitative estimate of drug-likeness (QED) is 0.710. The first-order valence-electron chi connectivity index (χ1n) is 7.74. The molecule has 3 aromatic rings. The number of pyridine rings is 1. The molecule has 0 aliphatic rings. The first-order chi connectivity index (χ1) is 11.2. The molecule has 118 valence electrons. The average Bonchev–Trinajstić information content (AvgIpc) is 2.99. The molecule has 23 heavy (non-hydrogen) atoms. The van der Waals surface area contributed by atoms with E-state index in [1.165, 1.54) is 5.56 Å². The van der Waals surface area contributed by atoms with E-state index in [9.17, 15) is 10.0 Å². The van der Waals surface area contributed by atoms with Gasteiger partial charge in [-0.25, -0.2) is 4.98 Å². The lowest BCUT2D eigenvalue weighted by molar-refractivity contribution is 0.282. The predicted octanol–water partition coefficient (Wildman–Crippen LogP) is 4.41. The Morgan fingerprint density at radius 3 is 2.61 bits per heavy atom. The Labute approximate surface area is 134 Å². The third kappa shape index (κ3) is 2.64. The molecule has 2 heterocycles. The van der Waals surface area contributed by atoms with Crippen molar-refractivity contribution in [2.75, 3.05) is 0 Å². The molecular formula is C18H19N3O2. The molecule has 0 saturated heterocycles. The predicted molar refractivity (Wildman–Crippen MR) is 90.7 cm³/mol. The maximum atomic E-state index is 11.3. The molecule has 3 rings (SSSR count). The minimum absolute atomic E-state index is 0.133. The molecule has 0 aliphatic heterocycles. The van der Waals surface area contributed by atoms with Crippen molar-refractivity contribution in [3.8, 4) is 11.3 Å². The summed E-state index contributed by atoms with van der Waals surface area (Å²) in [6.07, 6.45) is 2.81. The number of hydrogen-bond donors (Lipinski definition) is 1. The molecule has 1 unspecified atom stereocenters. The third-order valence-electron chi connectivity index (χ3n) is 4.33. The summed E-state index contributed by atoms with van der Waals surface area (Å²) >= 11 is 0. The van der Waals surface area contributed by atoms with Gasteiger partial charge in [-0.05, 0) is 29.1 Å². The highest BCUT2D eigenvalue weighted by Gasteiger charge is 2.17. The Hall–Kier alpha value is -2.53. The van der Waals surface area contributed by atoms with Crippen LogP contribution < -0.4 is 0 Å². The largest absolute Gasteiger partial charge is 0.392 e. The van der Waals surface area contributed by atoms with Crippen LogP contribution in [0.5, 0.6) is 0 Å². The standard InChI is InChI=1S/C18H19N3O2/c1-3-12(2)13-6-8-14(9-7-13)16-18(20-23)21-10-4-5-15(11-22)17(21)19-16/h4-10,12,22H,3,11H2,1-2H3. The van der Waals surface area contributed by atoms with Gasteiger partial charge in [0.1, 0.15) is 11.3 Å². The van der Waals surface area contributed by atoms with Crippen LogP contribution in [0, 0.1) is 4.91 Å². The molecule has 5 heteroatoms. The van der Waals surface area contributed by atoms with Crippen LogP contribution >= 0.6 is 0 Å². The van der Waals surface area contributed by atoms with Crippen molar-refractivity contribution in [2.24, 2.45) is 5.18 Å². The van der Waals surface area contributed by atoms with E-state index in [0.29, 0.717) is 22.8 Å². The van der Waals surface area contributed by atoms with E-state index in [0.717, 1.165) is 12.0 Å². The summed E-state index contributed by atoms with van der Waals surface area (Å²) in [5, 5.41) is 12.6. The van der Waals surface area contributed by atoms with Crippen LogP contribution in [0.4, 0.5) is 5.82 Å². The second-order valence-corrected chi connectivity index (χ2v) is 5.69. The molecule has 1 aromatic carbocycles. The molecule has 0 bridgehead atoms. The van der Waals surface area contributed by atoms with Crippen LogP contribution in [0.2, 0.25) is 0 Å². The molecule has 1 N–H and O–H groups in total. The minimum Gasteiger partial charge on any atom is -0.392 e. The van der Waals surface area contributed by atoms with Crippen molar-refractivity contribution in [2.45, 2.75) is 32.8 Å². The van der Waals surface area contributed by atoms with Gasteiger partial charge in [0.25, 0.3) is 0 Å². The summed E-state index contributed by atoms with van der Waals surface area (Å²) in [7, 11) is 0. The van der Waals surface area contributed by atoms with Gasteiger partial charge in [-0.15, -0.1) is 4.91 Å². The zero-order valence-electron chi connectivity index (χ0n) is 13.2. The first kappa shape index (κ1) is 15.4. The van der Waals surface area contributed by atoms with Gasteiger partial charge < -0.3 is 5.11 Å². The van der Waals surface area contributed by atoms with Gasteiger partial charge in [0.2, 0.25) is 5.82 Å². The van der Waals surface area contributed by atoms with Crippen LogP contribution in [0.25, 0.3) is 16.9 Å². The molecule has 0 saturated carbocycles. The molecule has 0 spiro atoms. The number of hydrogen-bond acceptors (Lipinski definition) is 4. The Kier molecular flexibility index (Phi) is 4.21. The van der Waals surface area contributed by atoms with Crippen molar-refractivity contribution in [3.63, 3.8) is 0 Å². The average molecular weight is 309 g/mol. The number of aliphatic hydroxyl groups is 1. The second kappa shape index (κ2) is 6.30. The van der Waals surface area contributed by atoms with Gasteiger partial charge in [0.05, 0.1) is 6.61 Å². The van der Waals surface area contributed by atoms with Crippen LogP contribution in [-0.4, -0.2) is 14.5 Å². The number of aromatic nitrogens is 2. The van der Waals surface area contributed by atoms with Gasteiger partial charge in [0, 0.05) is 17.3 Å². The molecule has 0 aliphatic carbocycles. The van der Waals surface area contributed by atoms with Crippen molar-refractivity contribution in [1.82, 2.24) is 9.38 Å². The summed E-state index contributed by atoms with van der Waals surface area (Å²) in [5.41, 5.74) is 3.87. The SMILES string of the molecule is CCC(C)c1ccc(-c2nc3c(CO)cccn3c2N=O)cc1. The van der Waals surface area contributed by atoms with Crippen LogP contribution in [0.3, 0.4) is 0 Å². The van der Waals surface area contributed by atoms with E-state index in [-0.39, 0.29) is 12.4 Å². The van der Waals surface area contributed by atoms with Crippen LogP contribution in [0.15, 0.2) is 47.8 Å². The summed E-state index contributed by atoms with van der Waals surface area (Å²) in [6.45, 7) is 4.21. The number of nitroso groups, excluding NO2 is 1. The first-order valence-corrected chi connectivity index (χ1v) is 7.74. The van der Waals surface area contributed by atoms with Gasteiger partial charge in [0.15, 0.2) is 0 Å².